The van der Waals surface area contributed by atoms with Gasteiger partial charge in [0.1, 0.15) is 0 Å². The zero-order valence-electron chi connectivity index (χ0n) is 9.41. The van der Waals surface area contributed by atoms with E-state index in [2.05, 4.69) is 24.3 Å². The van der Waals surface area contributed by atoms with Crippen molar-refractivity contribution in [3.63, 3.8) is 0 Å². The summed E-state index contributed by atoms with van der Waals surface area (Å²) in [6.45, 7) is 0.805. The fourth-order valence-corrected chi connectivity index (χ4v) is 2.69. The Morgan fingerprint density at radius 1 is 1.13 bits per heavy atom. The van der Waals surface area contributed by atoms with Crippen molar-refractivity contribution in [2.45, 2.75) is 44.4 Å². The van der Waals surface area contributed by atoms with Crippen molar-refractivity contribution in [1.29, 1.82) is 0 Å². The van der Waals surface area contributed by atoms with E-state index in [1.807, 2.05) is 0 Å². The summed E-state index contributed by atoms with van der Waals surface area (Å²) in [7, 11) is 0. The quantitative estimate of drug-likeness (QED) is 0.798. The van der Waals surface area contributed by atoms with Gasteiger partial charge in [0.05, 0.1) is 0 Å². The highest BCUT2D eigenvalue weighted by molar-refractivity contribution is 5.31. The maximum atomic E-state index is 5.58. The van der Waals surface area contributed by atoms with Gasteiger partial charge in [0.2, 0.25) is 0 Å². The van der Waals surface area contributed by atoms with Gasteiger partial charge < -0.3 is 5.73 Å². The third-order valence-electron chi connectivity index (χ3n) is 3.50. The second-order valence-corrected chi connectivity index (χ2v) is 4.57. The minimum atomic E-state index is 0.805. The van der Waals surface area contributed by atoms with E-state index in [0.29, 0.717) is 0 Å². The second kappa shape index (κ2) is 5.32. The van der Waals surface area contributed by atoms with Crippen molar-refractivity contribution in [3.8, 4) is 0 Å². The first kappa shape index (κ1) is 10.7. The van der Waals surface area contributed by atoms with E-state index in [4.69, 9.17) is 5.73 Å². The minimum Gasteiger partial charge on any atom is -0.330 e. The van der Waals surface area contributed by atoms with Crippen LogP contribution in [0, 0.1) is 0 Å². The van der Waals surface area contributed by atoms with Gasteiger partial charge in [0, 0.05) is 0 Å². The number of benzene rings is 1. The summed E-state index contributed by atoms with van der Waals surface area (Å²) < 4.78 is 0. The number of aryl methyl sites for hydroxylation is 1. The minimum absolute atomic E-state index is 0.805. The lowest BCUT2D eigenvalue weighted by atomic mass is 9.91. The van der Waals surface area contributed by atoms with E-state index in [1.54, 1.807) is 5.56 Å². The van der Waals surface area contributed by atoms with Crippen LogP contribution >= 0.6 is 0 Å². The molecule has 1 aromatic carbocycles. The Morgan fingerprint density at radius 3 is 2.60 bits per heavy atom. The molecule has 82 valence electrons. The maximum absolute atomic E-state index is 5.58. The Balaban J connectivity index is 2.13. The highest BCUT2D eigenvalue weighted by Crippen LogP contribution is 2.35. The summed E-state index contributed by atoms with van der Waals surface area (Å²) in [4.78, 5) is 0. The fourth-order valence-electron chi connectivity index (χ4n) is 2.69. The molecule has 0 heterocycles. The summed E-state index contributed by atoms with van der Waals surface area (Å²) in [5, 5.41) is 0. The van der Waals surface area contributed by atoms with Crippen LogP contribution in [0.4, 0.5) is 0 Å². The van der Waals surface area contributed by atoms with E-state index >= 15 is 0 Å². The third-order valence-corrected chi connectivity index (χ3v) is 3.50. The van der Waals surface area contributed by atoms with Crippen LogP contribution in [0.5, 0.6) is 0 Å². The molecule has 1 aliphatic rings. The van der Waals surface area contributed by atoms with Gasteiger partial charge in [-0.15, -0.1) is 0 Å². The summed E-state index contributed by atoms with van der Waals surface area (Å²) in [6, 6.07) is 8.94. The normalized spacial score (nSPS) is 17.1. The first-order valence-electron chi connectivity index (χ1n) is 6.19. The predicted octanol–water partition coefficient (Wildman–Crippen LogP) is 3.24. The number of nitrogens with two attached hydrogens (primary N) is 1. The summed E-state index contributed by atoms with van der Waals surface area (Å²) in [5.74, 6) is 0.832. The van der Waals surface area contributed by atoms with Gasteiger partial charge in [-0.2, -0.15) is 0 Å². The molecule has 1 fully saturated rings. The highest BCUT2D eigenvalue weighted by Gasteiger charge is 2.18. The van der Waals surface area contributed by atoms with E-state index < -0.39 is 0 Å². The van der Waals surface area contributed by atoms with E-state index in [9.17, 15) is 0 Å². The Hall–Kier alpha value is -0.820. The highest BCUT2D eigenvalue weighted by atomic mass is 14.5. The van der Waals surface area contributed by atoms with Crippen molar-refractivity contribution in [2.24, 2.45) is 5.73 Å². The Labute approximate surface area is 92.7 Å². The Morgan fingerprint density at radius 2 is 1.87 bits per heavy atom. The van der Waals surface area contributed by atoms with Crippen molar-refractivity contribution in [3.05, 3.63) is 35.4 Å². The van der Waals surface area contributed by atoms with Crippen LogP contribution in [-0.2, 0) is 6.42 Å². The second-order valence-electron chi connectivity index (χ2n) is 4.57. The molecule has 1 saturated carbocycles. The van der Waals surface area contributed by atoms with Crippen LogP contribution < -0.4 is 5.73 Å². The van der Waals surface area contributed by atoms with Crippen LogP contribution in [0.1, 0.15) is 49.1 Å². The number of hydrogen-bond donors (Lipinski definition) is 1. The number of rotatable bonds is 4. The molecule has 0 unspecified atom stereocenters. The molecule has 0 radical (unpaired) electrons. The SMILES string of the molecule is NCCCc1ccccc1C1CCCC1. The molecule has 1 nitrogen and oxygen atoms in total. The van der Waals surface area contributed by atoms with Gasteiger partial charge in [-0.3, -0.25) is 0 Å². The largest absolute Gasteiger partial charge is 0.330 e. The smallest absolute Gasteiger partial charge is 0.00741 e. The number of hydrogen-bond acceptors (Lipinski definition) is 1. The first-order valence-corrected chi connectivity index (χ1v) is 6.19. The molecule has 0 spiro atoms. The van der Waals surface area contributed by atoms with Crippen molar-refractivity contribution in [2.75, 3.05) is 6.54 Å². The van der Waals surface area contributed by atoms with Crippen LogP contribution in [0.3, 0.4) is 0 Å². The van der Waals surface area contributed by atoms with Crippen LogP contribution in [0.25, 0.3) is 0 Å². The van der Waals surface area contributed by atoms with Crippen molar-refractivity contribution < 1.29 is 0 Å². The molecule has 1 heteroatoms. The van der Waals surface area contributed by atoms with E-state index in [0.717, 1.165) is 25.3 Å². The Kier molecular flexibility index (Phi) is 3.79. The first-order chi connectivity index (χ1) is 7.42. The Bertz CT molecular complexity index is 300. The topological polar surface area (TPSA) is 26.0 Å². The van der Waals surface area contributed by atoms with Crippen LogP contribution in [-0.4, -0.2) is 6.54 Å². The van der Waals surface area contributed by atoms with Gasteiger partial charge in [0.15, 0.2) is 0 Å². The fraction of sp³-hybridized carbons (Fsp3) is 0.571. The average Bonchev–Trinajstić information content (AvgIpc) is 2.80. The molecule has 2 N–H and O–H groups in total. The molecule has 0 aliphatic heterocycles. The zero-order chi connectivity index (χ0) is 10.5. The molecule has 1 aromatic rings. The molecule has 2 rings (SSSR count). The van der Waals surface area contributed by atoms with Gasteiger partial charge in [-0.1, -0.05) is 37.1 Å². The van der Waals surface area contributed by atoms with Crippen LogP contribution in [0.2, 0.25) is 0 Å². The lowest BCUT2D eigenvalue weighted by molar-refractivity contribution is 0.704. The lowest BCUT2D eigenvalue weighted by Gasteiger charge is -2.14. The third kappa shape index (κ3) is 2.60. The zero-order valence-corrected chi connectivity index (χ0v) is 9.41. The molecule has 1 aliphatic carbocycles. The van der Waals surface area contributed by atoms with E-state index in [-0.39, 0.29) is 0 Å². The van der Waals surface area contributed by atoms with Gasteiger partial charge in [-0.25, -0.2) is 0 Å². The van der Waals surface area contributed by atoms with Crippen molar-refractivity contribution in [1.82, 2.24) is 0 Å². The molecule has 0 bridgehead atoms. The molecule has 15 heavy (non-hydrogen) atoms. The van der Waals surface area contributed by atoms with Crippen LogP contribution in [0.15, 0.2) is 24.3 Å². The van der Waals surface area contributed by atoms with E-state index in [1.165, 1.54) is 31.2 Å². The molecule has 0 atom stereocenters. The van der Waals surface area contributed by atoms with Gasteiger partial charge >= 0.3 is 0 Å². The summed E-state index contributed by atoms with van der Waals surface area (Å²) in [5.41, 5.74) is 8.72. The molecule has 0 saturated heterocycles. The average molecular weight is 203 g/mol. The lowest BCUT2D eigenvalue weighted by Crippen LogP contribution is -2.04. The van der Waals surface area contributed by atoms with Gasteiger partial charge in [-0.05, 0) is 49.3 Å². The van der Waals surface area contributed by atoms with Gasteiger partial charge in [0.25, 0.3) is 0 Å². The molecule has 0 amide bonds. The standard InChI is InChI=1S/C14H21N/c15-11-5-9-13-8-3-4-10-14(13)12-6-1-2-7-12/h3-4,8,10,12H,1-2,5-7,9,11,15H2. The molecular formula is C14H21N. The van der Waals surface area contributed by atoms with Crippen molar-refractivity contribution >= 4 is 0 Å². The maximum Gasteiger partial charge on any atom is -0.00741 e. The predicted molar refractivity (Wildman–Crippen MR) is 65.0 cm³/mol. The molecular weight excluding hydrogens is 182 g/mol. The molecule has 0 aromatic heterocycles. The summed E-state index contributed by atoms with van der Waals surface area (Å²) >= 11 is 0. The summed E-state index contributed by atoms with van der Waals surface area (Å²) in [6.07, 6.45) is 7.87. The monoisotopic (exact) mass is 203 g/mol.